The van der Waals surface area contributed by atoms with Crippen LogP contribution in [0.1, 0.15) is 64.7 Å². The molecule has 0 radical (unpaired) electrons. The lowest BCUT2D eigenvalue weighted by Gasteiger charge is -2.27. The highest BCUT2D eigenvalue weighted by molar-refractivity contribution is 5.27. The number of hydrogen-bond donors (Lipinski definition) is 1. The van der Waals surface area contributed by atoms with Crippen LogP contribution in [0.3, 0.4) is 0 Å². The number of fused-ring (bicyclic) bond motifs is 3. The van der Waals surface area contributed by atoms with E-state index in [1.165, 1.54) is 25.7 Å². The lowest BCUT2D eigenvalue weighted by molar-refractivity contribution is -0.0450. The second kappa shape index (κ2) is 4.38. The predicted molar refractivity (Wildman–Crippen MR) is 87.4 cm³/mol. The van der Waals surface area contributed by atoms with Gasteiger partial charge in [0.1, 0.15) is 6.23 Å². The summed E-state index contributed by atoms with van der Waals surface area (Å²) in [4.78, 5) is 26.1. The number of aryl methyl sites for hydroxylation is 1. The van der Waals surface area contributed by atoms with E-state index in [9.17, 15) is 9.59 Å². The molecule has 23 heavy (non-hydrogen) atoms. The van der Waals surface area contributed by atoms with E-state index in [1.807, 2.05) is 0 Å². The SMILES string of the molecule is CCC[C@]12C[C@]3(C)CC(n4cc(C)c(=O)[nH]c4=O)O[C@@H]3[C@@]1(C)C2. The molecule has 2 heterocycles. The second-order valence-electron chi connectivity index (χ2n) is 8.61. The van der Waals surface area contributed by atoms with Crippen LogP contribution in [-0.4, -0.2) is 15.7 Å². The minimum atomic E-state index is -0.366. The van der Waals surface area contributed by atoms with Crippen molar-refractivity contribution in [1.82, 2.24) is 9.55 Å². The molecule has 0 amide bonds. The molecule has 1 N–H and O–H groups in total. The highest BCUT2D eigenvalue weighted by Crippen LogP contribution is 2.82. The van der Waals surface area contributed by atoms with E-state index in [4.69, 9.17) is 4.74 Å². The van der Waals surface area contributed by atoms with Gasteiger partial charge in [0.25, 0.3) is 5.56 Å². The molecule has 126 valence electrons. The Morgan fingerprint density at radius 2 is 2.09 bits per heavy atom. The predicted octanol–water partition coefficient (Wildman–Crippen LogP) is 2.74. The van der Waals surface area contributed by atoms with Gasteiger partial charge in [-0.2, -0.15) is 0 Å². The summed E-state index contributed by atoms with van der Waals surface area (Å²) in [5, 5.41) is 0. The molecule has 0 bridgehead atoms. The Hall–Kier alpha value is -1.36. The van der Waals surface area contributed by atoms with Crippen LogP contribution in [0.4, 0.5) is 0 Å². The van der Waals surface area contributed by atoms with Crippen molar-refractivity contribution in [3.05, 3.63) is 32.6 Å². The number of rotatable bonds is 3. The number of H-pyrrole nitrogens is 1. The molecule has 1 saturated heterocycles. The molecule has 1 aromatic rings. The molecule has 3 aliphatic rings. The minimum absolute atomic E-state index is 0.135. The fraction of sp³-hybridized carbons (Fsp3) is 0.778. The van der Waals surface area contributed by atoms with Crippen LogP contribution in [0.2, 0.25) is 0 Å². The zero-order chi connectivity index (χ0) is 16.6. The largest absolute Gasteiger partial charge is 0.353 e. The number of nitrogens with zero attached hydrogens (tertiary/aromatic N) is 1. The van der Waals surface area contributed by atoms with Crippen molar-refractivity contribution in [1.29, 1.82) is 0 Å². The average Bonchev–Trinajstić information content (AvgIpc) is 2.78. The summed E-state index contributed by atoms with van der Waals surface area (Å²) in [5.41, 5.74) is 0.719. The van der Waals surface area contributed by atoms with Crippen molar-refractivity contribution in [2.24, 2.45) is 16.2 Å². The van der Waals surface area contributed by atoms with Crippen molar-refractivity contribution in [3.63, 3.8) is 0 Å². The van der Waals surface area contributed by atoms with Crippen LogP contribution in [0.25, 0.3) is 0 Å². The molecule has 3 fully saturated rings. The third kappa shape index (κ3) is 1.83. The average molecular weight is 318 g/mol. The van der Waals surface area contributed by atoms with E-state index < -0.39 is 0 Å². The fourth-order valence-corrected chi connectivity index (χ4v) is 5.93. The van der Waals surface area contributed by atoms with Crippen LogP contribution in [0.5, 0.6) is 0 Å². The van der Waals surface area contributed by atoms with Gasteiger partial charge in [-0.05, 0) is 37.0 Å². The first-order valence-electron chi connectivity index (χ1n) is 8.72. The highest BCUT2D eigenvalue weighted by atomic mass is 16.5. The summed E-state index contributed by atoms with van der Waals surface area (Å²) in [6.45, 7) is 8.66. The summed E-state index contributed by atoms with van der Waals surface area (Å²) in [7, 11) is 0. The molecular weight excluding hydrogens is 292 g/mol. The zero-order valence-corrected chi connectivity index (χ0v) is 14.4. The maximum Gasteiger partial charge on any atom is 0.330 e. The number of aromatic amines is 1. The van der Waals surface area contributed by atoms with Gasteiger partial charge in [0.05, 0.1) is 6.10 Å². The smallest absolute Gasteiger partial charge is 0.330 e. The Balaban J connectivity index is 1.66. The molecule has 0 spiro atoms. The molecule has 1 aliphatic heterocycles. The minimum Gasteiger partial charge on any atom is -0.353 e. The van der Waals surface area contributed by atoms with Crippen molar-refractivity contribution >= 4 is 0 Å². The molecule has 2 saturated carbocycles. The van der Waals surface area contributed by atoms with Gasteiger partial charge in [0.15, 0.2) is 0 Å². The summed E-state index contributed by atoms with van der Waals surface area (Å²) in [5.74, 6) is 0. The molecule has 1 aromatic heterocycles. The van der Waals surface area contributed by atoms with E-state index >= 15 is 0 Å². The number of ether oxygens (including phenoxy) is 1. The first-order chi connectivity index (χ1) is 10.7. The molecular formula is C18H26N2O3. The Morgan fingerprint density at radius 1 is 1.35 bits per heavy atom. The van der Waals surface area contributed by atoms with Gasteiger partial charge >= 0.3 is 5.69 Å². The maximum atomic E-state index is 12.2. The van der Waals surface area contributed by atoms with Gasteiger partial charge in [-0.15, -0.1) is 0 Å². The molecule has 5 heteroatoms. The van der Waals surface area contributed by atoms with Crippen LogP contribution < -0.4 is 11.2 Å². The van der Waals surface area contributed by atoms with Crippen molar-refractivity contribution in [2.45, 2.75) is 72.1 Å². The lowest BCUT2D eigenvalue weighted by atomic mass is 9.78. The van der Waals surface area contributed by atoms with Crippen LogP contribution in [0.15, 0.2) is 15.8 Å². The molecule has 5 nitrogen and oxygen atoms in total. The highest BCUT2D eigenvalue weighted by Gasteiger charge is 2.78. The van der Waals surface area contributed by atoms with E-state index in [2.05, 4.69) is 25.8 Å². The van der Waals surface area contributed by atoms with E-state index in [-0.39, 0.29) is 34.4 Å². The third-order valence-electron chi connectivity index (χ3n) is 6.86. The Labute approximate surface area is 136 Å². The van der Waals surface area contributed by atoms with Gasteiger partial charge in [-0.1, -0.05) is 27.2 Å². The van der Waals surface area contributed by atoms with Gasteiger partial charge in [0.2, 0.25) is 0 Å². The monoisotopic (exact) mass is 318 g/mol. The van der Waals surface area contributed by atoms with E-state index in [0.29, 0.717) is 11.0 Å². The number of hydrogen-bond acceptors (Lipinski definition) is 3. The Morgan fingerprint density at radius 3 is 2.74 bits per heavy atom. The normalized spacial score (nSPS) is 44.2. The number of aromatic nitrogens is 2. The summed E-state index contributed by atoms with van der Waals surface area (Å²) in [6, 6.07) is 0. The van der Waals surface area contributed by atoms with Crippen molar-refractivity contribution in [3.8, 4) is 0 Å². The molecule has 2 aliphatic carbocycles. The van der Waals surface area contributed by atoms with Gasteiger partial charge in [0, 0.05) is 23.6 Å². The Bertz CT molecular complexity index is 781. The second-order valence-corrected chi connectivity index (χ2v) is 8.61. The van der Waals surface area contributed by atoms with Crippen LogP contribution in [-0.2, 0) is 4.74 Å². The van der Waals surface area contributed by atoms with Crippen molar-refractivity contribution < 1.29 is 4.74 Å². The van der Waals surface area contributed by atoms with Gasteiger partial charge < -0.3 is 4.74 Å². The van der Waals surface area contributed by atoms with Gasteiger partial charge in [-0.25, -0.2) is 4.79 Å². The summed E-state index contributed by atoms with van der Waals surface area (Å²) >= 11 is 0. The van der Waals surface area contributed by atoms with Gasteiger partial charge in [-0.3, -0.25) is 14.3 Å². The molecule has 0 aromatic carbocycles. The quantitative estimate of drug-likeness (QED) is 0.932. The molecule has 1 unspecified atom stereocenters. The van der Waals surface area contributed by atoms with Crippen molar-refractivity contribution in [2.75, 3.05) is 0 Å². The third-order valence-corrected chi connectivity index (χ3v) is 6.86. The van der Waals surface area contributed by atoms with Crippen LogP contribution in [0, 0.1) is 23.2 Å². The first-order valence-corrected chi connectivity index (χ1v) is 8.72. The van der Waals surface area contributed by atoms with E-state index in [1.54, 1.807) is 17.7 Å². The standard InChI is InChI=1S/C18H26N2O3/c1-5-6-18-9-16(3)7-12(23-14(16)17(18,4)10-18)20-8-11(2)13(21)19-15(20)22/h8,12,14H,5-7,9-10H2,1-4H3,(H,19,21,22)/t12?,14-,16-,17+,18+/m0/s1. The summed E-state index contributed by atoms with van der Waals surface area (Å²) in [6.07, 6.45) is 7.40. The maximum absolute atomic E-state index is 12.2. The molecule has 5 atom stereocenters. The number of nitrogens with one attached hydrogen (secondary N) is 1. The summed E-state index contributed by atoms with van der Waals surface area (Å²) < 4.78 is 8.00. The zero-order valence-electron chi connectivity index (χ0n) is 14.4. The topological polar surface area (TPSA) is 64.1 Å². The van der Waals surface area contributed by atoms with E-state index in [0.717, 1.165) is 6.42 Å². The lowest BCUT2D eigenvalue weighted by Crippen LogP contribution is -2.34. The first kappa shape index (κ1) is 15.2. The fourth-order valence-electron chi connectivity index (χ4n) is 5.93. The Kier molecular flexibility index (Phi) is 2.89. The molecule has 4 rings (SSSR count). The van der Waals surface area contributed by atoms with Crippen LogP contribution >= 0.6 is 0 Å².